The Hall–Kier alpha value is -0.0800. The van der Waals surface area contributed by atoms with Crippen molar-refractivity contribution in [3.05, 3.63) is 0 Å². The van der Waals surface area contributed by atoms with Gasteiger partial charge in [-0.25, -0.2) is 0 Å². The van der Waals surface area contributed by atoms with Crippen molar-refractivity contribution in [2.24, 2.45) is 5.92 Å². The minimum absolute atomic E-state index is 0.120. The fourth-order valence-electron chi connectivity index (χ4n) is 1.95. The molecule has 0 aromatic rings. The van der Waals surface area contributed by atoms with Gasteiger partial charge in [-0.05, 0) is 18.8 Å². The second-order valence-electron chi connectivity index (χ2n) is 3.62. The highest BCUT2D eigenvalue weighted by molar-refractivity contribution is 4.78. The van der Waals surface area contributed by atoms with Gasteiger partial charge in [-0.1, -0.05) is 26.7 Å². The van der Waals surface area contributed by atoms with Gasteiger partial charge in [-0.2, -0.15) is 0 Å². The fraction of sp³-hybridized carbons (Fsp3) is 1.00. The van der Waals surface area contributed by atoms with E-state index in [1.54, 1.807) is 0 Å². The summed E-state index contributed by atoms with van der Waals surface area (Å²) in [6, 6.07) is 0. The Labute approximate surface area is 74.9 Å². The number of ether oxygens (including phenoxy) is 1. The summed E-state index contributed by atoms with van der Waals surface area (Å²) in [4.78, 5) is 0. The Balaban J connectivity index is 2.37. The number of hydrogen-bond acceptors (Lipinski definition) is 2. The molecule has 1 N–H and O–H groups in total. The summed E-state index contributed by atoms with van der Waals surface area (Å²) < 4.78 is 5.45. The third kappa shape index (κ3) is 2.20. The average molecular weight is 172 g/mol. The lowest BCUT2D eigenvalue weighted by Crippen LogP contribution is -2.32. The summed E-state index contributed by atoms with van der Waals surface area (Å²) in [5.74, 6) is 0.424. The van der Waals surface area contributed by atoms with Gasteiger partial charge in [0.05, 0.1) is 12.2 Å². The van der Waals surface area contributed by atoms with E-state index in [-0.39, 0.29) is 12.2 Å². The van der Waals surface area contributed by atoms with Crippen molar-refractivity contribution in [2.75, 3.05) is 6.61 Å². The smallest absolute Gasteiger partial charge is 0.0837 e. The van der Waals surface area contributed by atoms with Crippen LogP contribution in [0.25, 0.3) is 0 Å². The van der Waals surface area contributed by atoms with Crippen molar-refractivity contribution in [1.82, 2.24) is 0 Å². The van der Waals surface area contributed by atoms with E-state index in [0.717, 1.165) is 32.3 Å². The predicted octanol–water partition coefficient (Wildman–Crippen LogP) is 1.96. The summed E-state index contributed by atoms with van der Waals surface area (Å²) in [5.41, 5.74) is 0. The molecular formula is C10H20O2. The first-order valence-corrected chi connectivity index (χ1v) is 5.09. The van der Waals surface area contributed by atoms with Crippen molar-refractivity contribution in [3.8, 4) is 0 Å². The van der Waals surface area contributed by atoms with E-state index in [4.69, 9.17) is 4.74 Å². The van der Waals surface area contributed by atoms with Crippen LogP contribution >= 0.6 is 0 Å². The molecule has 1 rings (SSSR count). The minimum Gasteiger partial charge on any atom is -0.390 e. The molecule has 0 saturated carbocycles. The number of aliphatic hydroxyl groups excluding tert-OH is 1. The van der Waals surface area contributed by atoms with Crippen LogP contribution in [-0.2, 0) is 4.74 Å². The molecule has 2 atom stereocenters. The maximum atomic E-state index is 9.88. The second kappa shape index (κ2) is 4.83. The highest BCUT2D eigenvalue weighted by atomic mass is 16.5. The first-order valence-electron chi connectivity index (χ1n) is 5.09. The molecule has 2 nitrogen and oxygen atoms in total. The van der Waals surface area contributed by atoms with Crippen LogP contribution in [-0.4, -0.2) is 23.9 Å². The van der Waals surface area contributed by atoms with Crippen LogP contribution in [0.15, 0.2) is 0 Å². The van der Waals surface area contributed by atoms with E-state index >= 15 is 0 Å². The van der Waals surface area contributed by atoms with Crippen molar-refractivity contribution >= 4 is 0 Å². The minimum atomic E-state index is -0.234. The van der Waals surface area contributed by atoms with Crippen LogP contribution in [0.1, 0.15) is 39.5 Å². The molecular weight excluding hydrogens is 152 g/mol. The SMILES string of the molecule is CCC(CC)C(O)C1CCCO1. The first-order chi connectivity index (χ1) is 5.79. The standard InChI is InChI=1S/C10H20O2/c1-3-8(4-2)10(11)9-6-5-7-12-9/h8-11H,3-7H2,1-2H3. The molecule has 1 aliphatic heterocycles. The first kappa shape index (κ1) is 10.0. The molecule has 0 aromatic heterocycles. The topological polar surface area (TPSA) is 29.5 Å². The van der Waals surface area contributed by atoms with Gasteiger partial charge in [0.25, 0.3) is 0 Å². The highest BCUT2D eigenvalue weighted by Crippen LogP contribution is 2.24. The second-order valence-corrected chi connectivity index (χ2v) is 3.62. The van der Waals surface area contributed by atoms with Crippen LogP contribution < -0.4 is 0 Å². The zero-order valence-corrected chi connectivity index (χ0v) is 8.12. The summed E-state index contributed by atoms with van der Waals surface area (Å²) in [7, 11) is 0. The molecule has 1 heterocycles. The molecule has 0 bridgehead atoms. The molecule has 0 aliphatic carbocycles. The van der Waals surface area contributed by atoms with Gasteiger partial charge in [-0.3, -0.25) is 0 Å². The molecule has 0 radical (unpaired) electrons. The molecule has 72 valence electrons. The Morgan fingerprint density at radius 1 is 1.42 bits per heavy atom. The molecule has 0 aromatic carbocycles. The van der Waals surface area contributed by atoms with E-state index in [1.165, 1.54) is 0 Å². The zero-order valence-electron chi connectivity index (χ0n) is 8.12. The Morgan fingerprint density at radius 2 is 2.08 bits per heavy atom. The van der Waals surface area contributed by atoms with Crippen molar-refractivity contribution in [2.45, 2.75) is 51.7 Å². The lowest BCUT2D eigenvalue weighted by Gasteiger charge is -2.24. The van der Waals surface area contributed by atoms with E-state index in [2.05, 4.69) is 13.8 Å². The molecule has 12 heavy (non-hydrogen) atoms. The van der Waals surface area contributed by atoms with Crippen LogP contribution in [0.4, 0.5) is 0 Å². The Kier molecular flexibility index (Phi) is 4.02. The molecule has 0 amide bonds. The van der Waals surface area contributed by atoms with Gasteiger partial charge in [0.2, 0.25) is 0 Å². The van der Waals surface area contributed by atoms with Gasteiger partial charge in [0.15, 0.2) is 0 Å². The molecule has 1 fully saturated rings. The summed E-state index contributed by atoms with van der Waals surface area (Å²) >= 11 is 0. The largest absolute Gasteiger partial charge is 0.390 e. The van der Waals surface area contributed by atoms with Crippen molar-refractivity contribution in [1.29, 1.82) is 0 Å². The lowest BCUT2D eigenvalue weighted by molar-refractivity contribution is -0.0338. The molecule has 1 aliphatic rings. The lowest BCUT2D eigenvalue weighted by atomic mass is 9.92. The highest BCUT2D eigenvalue weighted by Gasteiger charge is 2.28. The Bertz CT molecular complexity index is 113. The predicted molar refractivity (Wildman–Crippen MR) is 49.1 cm³/mol. The van der Waals surface area contributed by atoms with E-state index in [0.29, 0.717) is 5.92 Å². The van der Waals surface area contributed by atoms with Crippen LogP contribution in [0.3, 0.4) is 0 Å². The van der Waals surface area contributed by atoms with Crippen molar-refractivity contribution in [3.63, 3.8) is 0 Å². The van der Waals surface area contributed by atoms with E-state index in [1.807, 2.05) is 0 Å². The monoisotopic (exact) mass is 172 g/mol. The number of hydrogen-bond donors (Lipinski definition) is 1. The van der Waals surface area contributed by atoms with Gasteiger partial charge >= 0.3 is 0 Å². The van der Waals surface area contributed by atoms with Crippen LogP contribution in [0.2, 0.25) is 0 Å². The summed E-state index contributed by atoms with van der Waals surface area (Å²) in [5, 5.41) is 9.88. The van der Waals surface area contributed by atoms with Gasteiger partial charge in [0.1, 0.15) is 0 Å². The third-order valence-corrected chi connectivity index (χ3v) is 2.88. The molecule has 0 spiro atoms. The van der Waals surface area contributed by atoms with Crippen LogP contribution in [0, 0.1) is 5.92 Å². The summed E-state index contributed by atoms with van der Waals surface area (Å²) in [6.07, 6.45) is 4.15. The van der Waals surface area contributed by atoms with Crippen LogP contribution in [0.5, 0.6) is 0 Å². The fourth-order valence-corrected chi connectivity index (χ4v) is 1.95. The summed E-state index contributed by atoms with van der Waals surface area (Å²) in [6.45, 7) is 5.10. The van der Waals surface area contributed by atoms with Gasteiger partial charge in [0, 0.05) is 6.61 Å². The van der Waals surface area contributed by atoms with Gasteiger partial charge < -0.3 is 9.84 Å². The number of rotatable bonds is 4. The molecule has 1 saturated heterocycles. The normalized spacial score (nSPS) is 26.5. The maximum absolute atomic E-state index is 9.88. The maximum Gasteiger partial charge on any atom is 0.0837 e. The van der Waals surface area contributed by atoms with Gasteiger partial charge in [-0.15, -0.1) is 0 Å². The van der Waals surface area contributed by atoms with E-state index in [9.17, 15) is 5.11 Å². The number of aliphatic hydroxyl groups is 1. The third-order valence-electron chi connectivity index (χ3n) is 2.88. The zero-order chi connectivity index (χ0) is 8.97. The molecule has 2 heteroatoms. The quantitative estimate of drug-likeness (QED) is 0.702. The average Bonchev–Trinajstić information content (AvgIpc) is 2.58. The Morgan fingerprint density at radius 3 is 2.50 bits per heavy atom. The van der Waals surface area contributed by atoms with Crippen molar-refractivity contribution < 1.29 is 9.84 Å². The van der Waals surface area contributed by atoms with E-state index < -0.39 is 0 Å². The molecule has 2 unspecified atom stereocenters.